The van der Waals surface area contributed by atoms with Gasteiger partial charge in [0.2, 0.25) is 5.91 Å². The first-order valence-electron chi connectivity index (χ1n) is 9.74. The molecule has 2 heterocycles. The molecule has 0 radical (unpaired) electrons. The first kappa shape index (κ1) is 20.1. The summed E-state index contributed by atoms with van der Waals surface area (Å²) in [7, 11) is 0. The molecule has 2 aliphatic heterocycles. The summed E-state index contributed by atoms with van der Waals surface area (Å²) in [6.45, 7) is 1.66. The molecular formula is C22H20ClN3O4. The summed E-state index contributed by atoms with van der Waals surface area (Å²) < 4.78 is 0. The van der Waals surface area contributed by atoms with Gasteiger partial charge in [0.1, 0.15) is 0 Å². The van der Waals surface area contributed by atoms with Gasteiger partial charge in [-0.1, -0.05) is 35.9 Å². The fourth-order valence-electron chi connectivity index (χ4n) is 3.77. The van der Waals surface area contributed by atoms with Crippen molar-refractivity contribution in [2.75, 3.05) is 32.7 Å². The molecule has 2 aromatic rings. The third-order valence-corrected chi connectivity index (χ3v) is 5.78. The second kappa shape index (κ2) is 8.28. The zero-order valence-corrected chi connectivity index (χ0v) is 17.0. The van der Waals surface area contributed by atoms with Crippen molar-refractivity contribution in [1.29, 1.82) is 0 Å². The molecular weight excluding hydrogens is 406 g/mol. The zero-order chi connectivity index (χ0) is 21.3. The quantitative estimate of drug-likeness (QED) is 0.704. The van der Waals surface area contributed by atoms with E-state index in [0.717, 1.165) is 4.90 Å². The minimum atomic E-state index is -0.362. The molecule has 0 spiro atoms. The predicted molar refractivity (Wildman–Crippen MR) is 110 cm³/mol. The van der Waals surface area contributed by atoms with E-state index in [9.17, 15) is 19.2 Å². The van der Waals surface area contributed by atoms with Gasteiger partial charge in [0.05, 0.1) is 21.7 Å². The highest BCUT2D eigenvalue weighted by molar-refractivity contribution is 6.33. The van der Waals surface area contributed by atoms with Crippen LogP contribution in [0.5, 0.6) is 0 Å². The molecule has 0 unspecified atom stereocenters. The largest absolute Gasteiger partial charge is 0.339 e. The van der Waals surface area contributed by atoms with Gasteiger partial charge in [-0.2, -0.15) is 0 Å². The van der Waals surface area contributed by atoms with Crippen LogP contribution in [-0.4, -0.2) is 71.1 Å². The second-order valence-corrected chi connectivity index (χ2v) is 7.62. The van der Waals surface area contributed by atoms with E-state index in [0.29, 0.717) is 47.9 Å². The lowest BCUT2D eigenvalue weighted by Crippen LogP contribution is -2.51. The second-order valence-electron chi connectivity index (χ2n) is 7.21. The van der Waals surface area contributed by atoms with Crippen LogP contribution in [0.1, 0.15) is 37.5 Å². The number of hydrogen-bond donors (Lipinski definition) is 0. The number of carbonyl (C=O) groups excluding carboxylic acids is 4. The molecule has 30 heavy (non-hydrogen) atoms. The smallest absolute Gasteiger partial charge is 0.261 e. The standard InChI is InChI=1S/C22H20ClN3O4/c23-18-8-4-3-7-17(18)20(28)25-13-11-24(12-14-25)19(27)9-10-26-21(29)15-5-1-2-6-16(15)22(26)30/h1-8H,9-14H2. The van der Waals surface area contributed by atoms with Crippen molar-refractivity contribution >= 4 is 35.2 Å². The molecule has 0 saturated carbocycles. The number of amides is 4. The van der Waals surface area contributed by atoms with Crippen LogP contribution in [0.25, 0.3) is 0 Å². The summed E-state index contributed by atoms with van der Waals surface area (Å²) in [6, 6.07) is 13.5. The van der Waals surface area contributed by atoms with Gasteiger partial charge in [0.15, 0.2) is 0 Å². The summed E-state index contributed by atoms with van der Waals surface area (Å²) >= 11 is 6.11. The number of fused-ring (bicyclic) bond motifs is 1. The van der Waals surface area contributed by atoms with Gasteiger partial charge in [0.25, 0.3) is 17.7 Å². The average molecular weight is 426 g/mol. The minimum absolute atomic E-state index is 0.0456. The van der Waals surface area contributed by atoms with Crippen molar-refractivity contribution in [2.45, 2.75) is 6.42 Å². The van der Waals surface area contributed by atoms with Crippen LogP contribution in [0.2, 0.25) is 5.02 Å². The van der Waals surface area contributed by atoms with Crippen molar-refractivity contribution in [3.63, 3.8) is 0 Å². The number of benzene rings is 2. The van der Waals surface area contributed by atoms with Gasteiger partial charge in [-0.15, -0.1) is 0 Å². The Morgan fingerprint density at radius 1 is 0.800 bits per heavy atom. The fraction of sp³-hybridized carbons (Fsp3) is 0.273. The zero-order valence-electron chi connectivity index (χ0n) is 16.2. The van der Waals surface area contributed by atoms with E-state index in [1.807, 2.05) is 0 Å². The Morgan fingerprint density at radius 2 is 1.33 bits per heavy atom. The predicted octanol–water partition coefficient (Wildman–Crippen LogP) is 2.31. The van der Waals surface area contributed by atoms with Crippen LogP contribution < -0.4 is 0 Å². The lowest BCUT2D eigenvalue weighted by Gasteiger charge is -2.35. The van der Waals surface area contributed by atoms with Crippen molar-refractivity contribution in [1.82, 2.24) is 14.7 Å². The number of hydrogen-bond acceptors (Lipinski definition) is 4. The Hall–Kier alpha value is -3.19. The van der Waals surface area contributed by atoms with Crippen LogP contribution in [0, 0.1) is 0 Å². The molecule has 2 aliphatic rings. The van der Waals surface area contributed by atoms with Crippen molar-refractivity contribution in [3.05, 3.63) is 70.2 Å². The third-order valence-electron chi connectivity index (χ3n) is 5.45. The lowest BCUT2D eigenvalue weighted by atomic mass is 10.1. The van der Waals surface area contributed by atoms with E-state index >= 15 is 0 Å². The van der Waals surface area contributed by atoms with Crippen molar-refractivity contribution in [3.8, 4) is 0 Å². The maximum absolute atomic E-state index is 12.6. The highest BCUT2D eigenvalue weighted by Gasteiger charge is 2.35. The Kier molecular flexibility index (Phi) is 5.55. The molecule has 7 nitrogen and oxygen atoms in total. The van der Waals surface area contributed by atoms with E-state index in [-0.39, 0.29) is 36.6 Å². The first-order chi connectivity index (χ1) is 14.5. The van der Waals surface area contributed by atoms with Crippen LogP contribution in [0.15, 0.2) is 48.5 Å². The van der Waals surface area contributed by atoms with Crippen LogP contribution in [0.3, 0.4) is 0 Å². The minimum Gasteiger partial charge on any atom is -0.339 e. The topological polar surface area (TPSA) is 78.0 Å². The highest BCUT2D eigenvalue weighted by atomic mass is 35.5. The SMILES string of the molecule is O=C(CCN1C(=O)c2ccccc2C1=O)N1CCN(C(=O)c2ccccc2Cl)CC1. The Morgan fingerprint density at radius 3 is 1.93 bits per heavy atom. The first-order valence-corrected chi connectivity index (χ1v) is 10.1. The Balaban J connectivity index is 1.30. The molecule has 0 N–H and O–H groups in total. The summed E-state index contributed by atoms with van der Waals surface area (Å²) in [6.07, 6.45) is 0.0595. The molecule has 0 aromatic heterocycles. The Bertz CT molecular complexity index is 996. The molecule has 1 fully saturated rings. The summed E-state index contributed by atoms with van der Waals surface area (Å²) in [5.41, 5.74) is 1.20. The number of carbonyl (C=O) groups is 4. The van der Waals surface area contributed by atoms with E-state index in [1.165, 1.54) is 0 Å². The molecule has 4 rings (SSSR count). The van der Waals surface area contributed by atoms with Gasteiger partial charge in [0, 0.05) is 39.1 Å². The molecule has 8 heteroatoms. The normalized spacial score (nSPS) is 16.1. The van der Waals surface area contributed by atoms with Crippen LogP contribution in [0.4, 0.5) is 0 Å². The van der Waals surface area contributed by atoms with Gasteiger partial charge in [-0.25, -0.2) is 0 Å². The summed E-state index contributed by atoms with van der Waals surface area (Å²) in [5.74, 6) is -1.02. The van der Waals surface area contributed by atoms with Gasteiger partial charge < -0.3 is 9.80 Å². The van der Waals surface area contributed by atoms with E-state index in [4.69, 9.17) is 11.6 Å². The number of rotatable bonds is 4. The van der Waals surface area contributed by atoms with E-state index in [2.05, 4.69) is 0 Å². The maximum Gasteiger partial charge on any atom is 0.261 e. The van der Waals surface area contributed by atoms with Crippen molar-refractivity contribution in [2.24, 2.45) is 0 Å². The summed E-state index contributed by atoms with van der Waals surface area (Å²) in [5, 5.41) is 0.405. The van der Waals surface area contributed by atoms with E-state index < -0.39 is 0 Å². The van der Waals surface area contributed by atoms with Gasteiger partial charge >= 0.3 is 0 Å². The fourth-order valence-corrected chi connectivity index (χ4v) is 3.99. The van der Waals surface area contributed by atoms with Gasteiger partial charge in [-0.3, -0.25) is 24.1 Å². The summed E-state index contributed by atoms with van der Waals surface area (Å²) in [4.78, 5) is 54.5. The number of halogens is 1. The Labute approximate surface area is 178 Å². The van der Waals surface area contributed by atoms with E-state index in [1.54, 1.807) is 58.3 Å². The number of nitrogens with zero attached hydrogens (tertiary/aromatic N) is 3. The molecule has 0 bridgehead atoms. The average Bonchev–Trinajstić information content (AvgIpc) is 3.02. The molecule has 1 saturated heterocycles. The molecule has 154 valence electrons. The monoisotopic (exact) mass is 425 g/mol. The number of piperazine rings is 1. The van der Waals surface area contributed by atoms with Crippen LogP contribution in [-0.2, 0) is 4.79 Å². The lowest BCUT2D eigenvalue weighted by molar-refractivity contribution is -0.132. The molecule has 4 amide bonds. The van der Waals surface area contributed by atoms with Crippen molar-refractivity contribution < 1.29 is 19.2 Å². The third kappa shape index (κ3) is 3.68. The molecule has 0 aliphatic carbocycles. The van der Waals surface area contributed by atoms with Gasteiger partial charge in [-0.05, 0) is 24.3 Å². The maximum atomic E-state index is 12.6. The van der Waals surface area contributed by atoms with Crippen LogP contribution >= 0.6 is 11.6 Å². The molecule has 2 aromatic carbocycles. The highest BCUT2D eigenvalue weighted by Crippen LogP contribution is 2.23. The number of imide groups is 1. The molecule has 0 atom stereocenters.